The Morgan fingerprint density at radius 1 is 1.39 bits per heavy atom. The molecule has 1 fully saturated rings. The number of rotatable bonds is 6. The number of hydrogen-bond donors (Lipinski definition) is 2. The molecular formula is C14H19NO2S. The van der Waals surface area contributed by atoms with Crippen LogP contribution in [0.3, 0.4) is 0 Å². The van der Waals surface area contributed by atoms with Crippen LogP contribution in [0.15, 0.2) is 24.3 Å². The number of carbonyl (C=O) groups is 1. The van der Waals surface area contributed by atoms with Gasteiger partial charge in [-0.25, -0.2) is 0 Å². The van der Waals surface area contributed by atoms with E-state index in [1.165, 1.54) is 17.9 Å². The Hall–Kier alpha value is -1.00. The standard InChI is InChI=1S/C14H19NO2S/c16-14(17)7-12-3-1-2-4-13(12)9-15-8-11-5-6-18-10-11/h1-4,11,15H,5-10H2,(H,16,17). The molecule has 2 N–H and O–H groups in total. The van der Waals surface area contributed by atoms with E-state index in [-0.39, 0.29) is 6.42 Å². The Kier molecular flexibility index (Phi) is 5.08. The summed E-state index contributed by atoms with van der Waals surface area (Å²) in [7, 11) is 0. The summed E-state index contributed by atoms with van der Waals surface area (Å²) in [6.07, 6.45) is 1.41. The highest BCUT2D eigenvalue weighted by molar-refractivity contribution is 7.99. The Morgan fingerprint density at radius 3 is 2.83 bits per heavy atom. The van der Waals surface area contributed by atoms with E-state index in [2.05, 4.69) is 5.32 Å². The summed E-state index contributed by atoms with van der Waals surface area (Å²) in [6.45, 7) is 1.80. The van der Waals surface area contributed by atoms with Crippen LogP contribution < -0.4 is 5.32 Å². The molecule has 0 aromatic heterocycles. The molecule has 1 aromatic rings. The maximum Gasteiger partial charge on any atom is 0.307 e. The van der Waals surface area contributed by atoms with Crippen molar-refractivity contribution < 1.29 is 9.90 Å². The Bertz CT molecular complexity index is 403. The van der Waals surface area contributed by atoms with Crippen LogP contribution in [-0.2, 0) is 17.8 Å². The Morgan fingerprint density at radius 2 is 2.17 bits per heavy atom. The zero-order valence-corrected chi connectivity index (χ0v) is 11.2. The first-order valence-corrected chi connectivity index (χ1v) is 7.48. The first-order chi connectivity index (χ1) is 8.75. The summed E-state index contributed by atoms with van der Waals surface area (Å²) in [4.78, 5) is 10.8. The molecule has 1 aromatic carbocycles. The number of benzene rings is 1. The largest absolute Gasteiger partial charge is 0.481 e. The number of carboxylic acids is 1. The molecule has 0 spiro atoms. The summed E-state index contributed by atoms with van der Waals surface area (Å²) < 4.78 is 0. The van der Waals surface area contributed by atoms with Gasteiger partial charge in [0.05, 0.1) is 6.42 Å². The fourth-order valence-corrected chi connectivity index (χ4v) is 3.51. The molecule has 1 aliphatic rings. The molecule has 0 amide bonds. The average Bonchev–Trinajstić information content (AvgIpc) is 2.84. The van der Waals surface area contributed by atoms with E-state index in [1.807, 2.05) is 36.0 Å². The molecule has 0 radical (unpaired) electrons. The predicted molar refractivity (Wildman–Crippen MR) is 74.9 cm³/mol. The molecule has 0 saturated carbocycles. The fraction of sp³-hybridized carbons (Fsp3) is 0.500. The highest BCUT2D eigenvalue weighted by Gasteiger charge is 2.14. The average molecular weight is 265 g/mol. The Balaban J connectivity index is 1.85. The van der Waals surface area contributed by atoms with Crippen LogP contribution in [0.4, 0.5) is 0 Å². The van der Waals surface area contributed by atoms with Gasteiger partial charge in [-0.05, 0) is 41.5 Å². The summed E-state index contributed by atoms with van der Waals surface area (Å²) >= 11 is 2.02. The minimum Gasteiger partial charge on any atom is -0.481 e. The second-order valence-corrected chi connectivity index (χ2v) is 5.85. The molecule has 98 valence electrons. The molecule has 0 aliphatic carbocycles. The topological polar surface area (TPSA) is 49.3 Å². The summed E-state index contributed by atoms with van der Waals surface area (Å²) in [5, 5.41) is 12.3. The normalized spacial score (nSPS) is 19.0. The minimum atomic E-state index is -0.769. The first kappa shape index (κ1) is 13.4. The zero-order chi connectivity index (χ0) is 12.8. The maximum atomic E-state index is 10.8. The van der Waals surface area contributed by atoms with E-state index >= 15 is 0 Å². The number of aliphatic carboxylic acids is 1. The summed E-state index contributed by atoms with van der Waals surface area (Å²) in [5.41, 5.74) is 2.02. The fourth-order valence-electron chi connectivity index (χ4n) is 2.22. The van der Waals surface area contributed by atoms with Crippen molar-refractivity contribution in [3.8, 4) is 0 Å². The minimum absolute atomic E-state index is 0.108. The molecule has 1 atom stereocenters. The first-order valence-electron chi connectivity index (χ1n) is 6.32. The van der Waals surface area contributed by atoms with Crippen molar-refractivity contribution in [2.24, 2.45) is 5.92 Å². The van der Waals surface area contributed by atoms with Crippen LogP contribution in [0, 0.1) is 5.92 Å². The van der Waals surface area contributed by atoms with Crippen molar-refractivity contribution in [3.05, 3.63) is 35.4 Å². The zero-order valence-electron chi connectivity index (χ0n) is 10.4. The third-order valence-electron chi connectivity index (χ3n) is 3.23. The van der Waals surface area contributed by atoms with E-state index < -0.39 is 5.97 Å². The number of thioether (sulfide) groups is 1. The van der Waals surface area contributed by atoms with Crippen molar-refractivity contribution in [2.75, 3.05) is 18.1 Å². The molecule has 4 heteroatoms. The van der Waals surface area contributed by atoms with Crippen LogP contribution in [-0.4, -0.2) is 29.1 Å². The summed E-state index contributed by atoms with van der Waals surface area (Å²) in [6, 6.07) is 7.77. The lowest BCUT2D eigenvalue weighted by Crippen LogP contribution is -2.23. The van der Waals surface area contributed by atoms with Crippen molar-refractivity contribution in [1.82, 2.24) is 5.32 Å². The van der Waals surface area contributed by atoms with Gasteiger partial charge in [-0.15, -0.1) is 0 Å². The van der Waals surface area contributed by atoms with Crippen LogP contribution in [0.1, 0.15) is 17.5 Å². The van der Waals surface area contributed by atoms with Crippen LogP contribution >= 0.6 is 11.8 Å². The summed E-state index contributed by atoms with van der Waals surface area (Å²) in [5.74, 6) is 2.54. The van der Waals surface area contributed by atoms with Gasteiger partial charge in [0, 0.05) is 6.54 Å². The SMILES string of the molecule is O=C(O)Cc1ccccc1CNCC1CCSC1. The molecule has 18 heavy (non-hydrogen) atoms. The smallest absolute Gasteiger partial charge is 0.307 e. The van der Waals surface area contributed by atoms with Crippen LogP contribution in [0.25, 0.3) is 0 Å². The lowest BCUT2D eigenvalue weighted by Gasteiger charge is -2.12. The molecule has 1 heterocycles. The molecule has 1 aliphatic heterocycles. The Labute approximate surface area is 112 Å². The van der Waals surface area contributed by atoms with E-state index in [1.54, 1.807) is 0 Å². The van der Waals surface area contributed by atoms with Gasteiger partial charge < -0.3 is 10.4 Å². The van der Waals surface area contributed by atoms with Crippen molar-refractivity contribution in [3.63, 3.8) is 0 Å². The van der Waals surface area contributed by atoms with E-state index in [0.29, 0.717) is 0 Å². The van der Waals surface area contributed by atoms with Gasteiger partial charge in [0.15, 0.2) is 0 Å². The van der Waals surface area contributed by atoms with E-state index in [9.17, 15) is 4.79 Å². The maximum absolute atomic E-state index is 10.8. The highest BCUT2D eigenvalue weighted by Crippen LogP contribution is 2.22. The lowest BCUT2D eigenvalue weighted by atomic mass is 10.0. The van der Waals surface area contributed by atoms with Gasteiger partial charge in [-0.3, -0.25) is 4.79 Å². The predicted octanol–water partition coefficient (Wildman–Crippen LogP) is 2.16. The monoisotopic (exact) mass is 265 g/mol. The molecule has 3 nitrogen and oxygen atoms in total. The van der Waals surface area contributed by atoms with Gasteiger partial charge in [0.1, 0.15) is 0 Å². The van der Waals surface area contributed by atoms with Gasteiger partial charge in [-0.1, -0.05) is 24.3 Å². The van der Waals surface area contributed by atoms with Gasteiger partial charge >= 0.3 is 5.97 Å². The van der Waals surface area contributed by atoms with Gasteiger partial charge in [0.2, 0.25) is 0 Å². The molecular weight excluding hydrogens is 246 g/mol. The van der Waals surface area contributed by atoms with Crippen LogP contribution in [0.2, 0.25) is 0 Å². The van der Waals surface area contributed by atoms with Crippen molar-refractivity contribution in [2.45, 2.75) is 19.4 Å². The van der Waals surface area contributed by atoms with Crippen molar-refractivity contribution in [1.29, 1.82) is 0 Å². The second-order valence-electron chi connectivity index (χ2n) is 4.70. The molecule has 2 rings (SSSR count). The number of hydrogen-bond acceptors (Lipinski definition) is 3. The molecule has 0 bridgehead atoms. The van der Waals surface area contributed by atoms with E-state index in [0.717, 1.165) is 30.1 Å². The molecule has 1 saturated heterocycles. The third-order valence-corrected chi connectivity index (χ3v) is 4.46. The van der Waals surface area contributed by atoms with Crippen molar-refractivity contribution >= 4 is 17.7 Å². The van der Waals surface area contributed by atoms with Gasteiger partial charge in [-0.2, -0.15) is 11.8 Å². The lowest BCUT2D eigenvalue weighted by molar-refractivity contribution is -0.136. The quantitative estimate of drug-likeness (QED) is 0.827. The van der Waals surface area contributed by atoms with Crippen LogP contribution in [0.5, 0.6) is 0 Å². The molecule has 1 unspecified atom stereocenters. The second kappa shape index (κ2) is 6.81. The number of nitrogens with one attached hydrogen (secondary N) is 1. The number of carboxylic acid groups (broad SMARTS) is 1. The van der Waals surface area contributed by atoms with E-state index in [4.69, 9.17) is 5.11 Å². The highest BCUT2D eigenvalue weighted by atomic mass is 32.2. The van der Waals surface area contributed by atoms with Gasteiger partial charge in [0.25, 0.3) is 0 Å². The third kappa shape index (κ3) is 4.03.